The van der Waals surface area contributed by atoms with Crippen LogP contribution in [0.3, 0.4) is 0 Å². The Bertz CT molecular complexity index is 1090. The van der Waals surface area contributed by atoms with Crippen molar-refractivity contribution in [1.82, 2.24) is 15.8 Å². The van der Waals surface area contributed by atoms with E-state index in [1.165, 1.54) is 23.1 Å². The van der Waals surface area contributed by atoms with Gasteiger partial charge >= 0.3 is 6.03 Å². The highest BCUT2D eigenvalue weighted by Gasteiger charge is 2.48. The van der Waals surface area contributed by atoms with Gasteiger partial charge in [0.05, 0.1) is 10.7 Å². The predicted octanol–water partition coefficient (Wildman–Crippen LogP) is 3.05. The van der Waals surface area contributed by atoms with E-state index in [1.807, 2.05) is 30.3 Å². The summed E-state index contributed by atoms with van der Waals surface area (Å²) in [6.07, 6.45) is 2.12. The molecule has 0 spiro atoms. The summed E-state index contributed by atoms with van der Waals surface area (Å²) in [5.41, 5.74) is 2.92. The lowest BCUT2D eigenvalue weighted by molar-refractivity contribution is -0.132. The molecule has 2 saturated heterocycles. The Balaban J connectivity index is 1.47. The maximum Gasteiger partial charge on any atom is 0.344 e. The summed E-state index contributed by atoms with van der Waals surface area (Å²) >= 11 is 6.23. The lowest BCUT2D eigenvalue weighted by Crippen LogP contribution is -2.49. The lowest BCUT2D eigenvalue weighted by Gasteiger charge is -2.22. The molecule has 2 aromatic rings. The van der Waals surface area contributed by atoms with Crippen LogP contribution in [0.1, 0.15) is 42.1 Å². The molecule has 2 heterocycles. The molecule has 1 atom stereocenters. The van der Waals surface area contributed by atoms with Crippen LogP contribution in [0.15, 0.2) is 48.5 Å². The van der Waals surface area contributed by atoms with E-state index in [1.54, 1.807) is 6.92 Å². The largest absolute Gasteiger partial charge is 0.344 e. The van der Waals surface area contributed by atoms with Gasteiger partial charge in [-0.05, 0) is 49.9 Å². The van der Waals surface area contributed by atoms with Gasteiger partial charge in [-0.1, -0.05) is 41.9 Å². The molecular weight excluding hydrogens is 432 g/mol. The van der Waals surface area contributed by atoms with Gasteiger partial charge in [0.15, 0.2) is 0 Å². The Morgan fingerprint density at radius 1 is 1.16 bits per heavy atom. The van der Waals surface area contributed by atoms with Gasteiger partial charge in [-0.2, -0.15) is 5.01 Å². The summed E-state index contributed by atoms with van der Waals surface area (Å²) in [6, 6.07) is 13.4. The van der Waals surface area contributed by atoms with Crippen LogP contribution in [-0.4, -0.2) is 40.8 Å². The first kappa shape index (κ1) is 21.8. The fourth-order valence-corrected chi connectivity index (χ4v) is 4.14. The number of hydrogen-bond donors (Lipinski definition) is 2. The summed E-state index contributed by atoms with van der Waals surface area (Å²) in [4.78, 5) is 51.8. The first-order valence-electron chi connectivity index (χ1n) is 10.4. The maximum atomic E-state index is 13.0. The van der Waals surface area contributed by atoms with Crippen molar-refractivity contribution in [3.63, 3.8) is 0 Å². The lowest BCUT2D eigenvalue weighted by atomic mass is 9.93. The molecule has 2 aliphatic rings. The summed E-state index contributed by atoms with van der Waals surface area (Å²) in [6.45, 7) is 2.16. The minimum atomic E-state index is -1.13. The summed E-state index contributed by atoms with van der Waals surface area (Å²) in [7, 11) is 0. The minimum Gasteiger partial charge on any atom is -0.322 e. The van der Waals surface area contributed by atoms with Crippen molar-refractivity contribution in [3.05, 3.63) is 64.7 Å². The molecule has 0 aromatic heterocycles. The molecule has 2 fully saturated rings. The third-order valence-corrected chi connectivity index (χ3v) is 6.12. The molecule has 32 heavy (non-hydrogen) atoms. The molecule has 8 nitrogen and oxygen atoms in total. The molecule has 5 amide bonds. The third-order valence-electron chi connectivity index (χ3n) is 5.80. The van der Waals surface area contributed by atoms with E-state index in [-0.39, 0.29) is 11.5 Å². The topological polar surface area (TPSA) is 98.8 Å². The molecule has 4 rings (SSSR count). The van der Waals surface area contributed by atoms with Crippen LogP contribution in [0.4, 0.5) is 10.5 Å². The van der Waals surface area contributed by atoms with Crippen LogP contribution >= 0.6 is 11.6 Å². The Hall–Kier alpha value is -3.39. The second kappa shape index (κ2) is 8.63. The number of carbonyl (C=O) groups excluding carboxylic acids is 4. The fourth-order valence-electron chi connectivity index (χ4n) is 3.92. The Morgan fingerprint density at radius 2 is 1.91 bits per heavy atom. The molecule has 9 heteroatoms. The van der Waals surface area contributed by atoms with Gasteiger partial charge in [0.1, 0.15) is 5.54 Å². The van der Waals surface area contributed by atoms with E-state index in [9.17, 15) is 19.2 Å². The van der Waals surface area contributed by atoms with E-state index in [0.29, 0.717) is 41.5 Å². The van der Waals surface area contributed by atoms with Gasteiger partial charge < -0.3 is 10.2 Å². The number of amides is 5. The highest BCUT2D eigenvalue weighted by Crippen LogP contribution is 2.30. The number of nitrogens with zero attached hydrogens (tertiary/aromatic N) is 2. The zero-order chi connectivity index (χ0) is 22.9. The van der Waals surface area contributed by atoms with Crippen molar-refractivity contribution in [2.75, 3.05) is 11.4 Å². The first-order valence-corrected chi connectivity index (χ1v) is 10.8. The number of carbonyl (C=O) groups is 4. The second-order valence-electron chi connectivity index (χ2n) is 8.14. The molecule has 0 unspecified atom stereocenters. The molecule has 0 saturated carbocycles. The molecule has 0 aliphatic carbocycles. The average molecular weight is 455 g/mol. The molecular formula is C23H23ClN4O4. The predicted molar refractivity (Wildman–Crippen MR) is 119 cm³/mol. The highest BCUT2D eigenvalue weighted by molar-refractivity contribution is 6.34. The Labute approximate surface area is 190 Å². The van der Waals surface area contributed by atoms with Gasteiger partial charge in [0.2, 0.25) is 5.91 Å². The molecule has 2 aliphatic heterocycles. The summed E-state index contributed by atoms with van der Waals surface area (Å²) in [5.74, 6) is -1.24. The van der Waals surface area contributed by atoms with Crippen LogP contribution in [0.5, 0.6) is 0 Å². The first-order chi connectivity index (χ1) is 15.3. The number of urea groups is 1. The molecule has 166 valence electrons. The normalized spacial score (nSPS) is 20.6. The number of halogens is 1. The SMILES string of the molecule is C[C@]1(CCc2ccccc2)NC(=O)N(NC(=O)c2ccc(Cl)c(N3CCCC3=O)c2)C1=O. The van der Waals surface area contributed by atoms with E-state index in [0.717, 1.165) is 12.0 Å². The van der Waals surface area contributed by atoms with Crippen molar-refractivity contribution in [2.45, 2.75) is 38.1 Å². The van der Waals surface area contributed by atoms with Gasteiger partial charge in [0, 0.05) is 18.5 Å². The zero-order valence-electron chi connectivity index (χ0n) is 17.6. The molecule has 0 radical (unpaired) electrons. The van der Waals surface area contributed by atoms with Gasteiger partial charge in [0.25, 0.3) is 11.8 Å². The maximum absolute atomic E-state index is 13.0. The average Bonchev–Trinajstić information content (AvgIpc) is 3.30. The van der Waals surface area contributed by atoms with Crippen LogP contribution in [-0.2, 0) is 16.0 Å². The van der Waals surface area contributed by atoms with E-state index < -0.39 is 23.4 Å². The van der Waals surface area contributed by atoms with Crippen LogP contribution in [0.2, 0.25) is 5.02 Å². The number of hydrogen-bond acceptors (Lipinski definition) is 4. The summed E-state index contributed by atoms with van der Waals surface area (Å²) < 4.78 is 0. The standard InChI is InChI=1S/C23H23ClN4O4/c1-23(12-11-15-6-3-2-4-7-15)21(31)28(22(32)25-23)26-20(30)16-9-10-17(24)18(14-16)27-13-5-8-19(27)29/h2-4,6-7,9-10,14H,5,8,11-13H2,1H3,(H,25,32)(H,26,30)/t23-/m1/s1. The van der Waals surface area contributed by atoms with Crippen molar-refractivity contribution >= 4 is 41.0 Å². The third kappa shape index (κ3) is 4.18. The number of nitrogens with one attached hydrogen (secondary N) is 2. The van der Waals surface area contributed by atoms with E-state index in [4.69, 9.17) is 11.6 Å². The van der Waals surface area contributed by atoms with Gasteiger partial charge in [-0.15, -0.1) is 0 Å². The van der Waals surface area contributed by atoms with Gasteiger partial charge in [-0.25, -0.2) is 4.79 Å². The van der Waals surface area contributed by atoms with E-state index >= 15 is 0 Å². The number of benzene rings is 2. The Kier molecular flexibility index (Phi) is 5.88. The summed E-state index contributed by atoms with van der Waals surface area (Å²) in [5, 5.41) is 3.74. The number of anilines is 1. The fraction of sp³-hybridized carbons (Fsp3) is 0.304. The molecule has 2 N–H and O–H groups in total. The second-order valence-corrected chi connectivity index (χ2v) is 8.55. The number of aryl methyl sites for hydroxylation is 1. The van der Waals surface area contributed by atoms with Gasteiger partial charge in [-0.3, -0.25) is 19.8 Å². The van der Waals surface area contributed by atoms with E-state index in [2.05, 4.69) is 10.7 Å². The number of imide groups is 1. The van der Waals surface area contributed by atoms with Crippen LogP contribution in [0, 0.1) is 0 Å². The highest BCUT2D eigenvalue weighted by atomic mass is 35.5. The zero-order valence-corrected chi connectivity index (χ0v) is 18.3. The monoisotopic (exact) mass is 454 g/mol. The van der Waals surface area contributed by atoms with Crippen LogP contribution in [0.25, 0.3) is 0 Å². The smallest absolute Gasteiger partial charge is 0.322 e. The quantitative estimate of drug-likeness (QED) is 0.655. The van der Waals surface area contributed by atoms with Crippen molar-refractivity contribution in [3.8, 4) is 0 Å². The molecule has 0 bridgehead atoms. The molecule has 2 aromatic carbocycles. The van der Waals surface area contributed by atoms with Crippen molar-refractivity contribution in [1.29, 1.82) is 0 Å². The van der Waals surface area contributed by atoms with Crippen molar-refractivity contribution in [2.24, 2.45) is 0 Å². The minimum absolute atomic E-state index is 0.0623. The number of rotatable bonds is 6. The Morgan fingerprint density at radius 3 is 2.59 bits per heavy atom. The van der Waals surface area contributed by atoms with Crippen molar-refractivity contribution < 1.29 is 19.2 Å². The van der Waals surface area contributed by atoms with Crippen LogP contribution < -0.4 is 15.6 Å². The number of hydrazine groups is 1.